The van der Waals surface area contributed by atoms with Gasteiger partial charge in [0, 0.05) is 26.2 Å². The summed E-state index contributed by atoms with van der Waals surface area (Å²) in [6.45, 7) is 6.20. The van der Waals surface area contributed by atoms with Gasteiger partial charge in [-0.15, -0.1) is 0 Å². The van der Waals surface area contributed by atoms with Crippen LogP contribution < -0.4 is 0 Å². The summed E-state index contributed by atoms with van der Waals surface area (Å²) in [5.41, 5.74) is 1.00. The van der Waals surface area contributed by atoms with Crippen LogP contribution in [-0.4, -0.2) is 47.9 Å². The van der Waals surface area contributed by atoms with Crippen molar-refractivity contribution in [1.82, 2.24) is 9.80 Å². The van der Waals surface area contributed by atoms with Crippen LogP contribution in [0.4, 0.5) is 4.39 Å². The van der Waals surface area contributed by atoms with Crippen molar-refractivity contribution in [3.63, 3.8) is 0 Å². The summed E-state index contributed by atoms with van der Waals surface area (Å²) in [5.74, 6) is -0.739. The first-order valence-electron chi connectivity index (χ1n) is 7.26. The Labute approximate surface area is 124 Å². The second-order valence-electron chi connectivity index (χ2n) is 5.36. The van der Waals surface area contributed by atoms with E-state index in [1.807, 2.05) is 13.8 Å². The number of carbonyl (C=O) groups is 1. The fourth-order valence-electron chi connectivity index (χ4n) is 2.64. The van der Waals surface area contributed by atoms with Crippen molar-refractivity contribution >= 4 is 5.91 Å². The molecule has 0 aliphatic carbocycles. The molecule has 5 heteroatoms. The number of rotatable bonds is 3. The van der Waals surface area contributed by atoms with Crippen molar-refractivity contribution in [2.24, 2.45) is 0 Å². The topological polar surface area (TPSA) is 47.3 Å². The van der Waals surface area contributed by atoms with E-state index in [0.717, 1.165) is 12.0 Å². The average molecular weight is 289 g/mol. The summed E-state index contributed by atoms with van der Waals surface area (Å²) >= 11 is 0. The third-order valence-corrected chi connectivity index (χ3v) is 3.93. The highest BCUT2D eigenvalue weighted by molar-refractivity contribution is 5.94. The number of amides is 1. The van der Waals surface area contributed by atoms with Gasteiger partial charge in [-0.05, 0) is 25.5 Å². The summed E-state index contributed by atoms with van der Waals surface area (Å²) in [6, 6.07) is 6.76. The first kappa shape index (κ1) is 15.5. The van der Waals surface area contributed by atoms with Crippen LogP contribution >= 0.6 is 0 Å². The molecule has 2 rings (SSSR count). The first-order chi connectivity index (χ1) is 10.1. The Balaban J connectivity index is 2.04. The van der Waals surface area contributed by atoms with Gasteiger partial charge in [-0.1, -0.05) is 18.6 Å². The van der Waals surface area contributed by atoms with E-state index in [0.29, 0.717) is 26.2 Å². The van der Waals surface area contributed by atoms with Gasteiger partial charge in [0.15, 0.2) is 0 Å². The first-order valence-corrected chi connectivity index (χ1v) is 7.26. The third-order valence-electron chi connectivity index (χ3n) is 3.93. The van der Waals surface area contributed by atoms with Crippen LogP contribution in [0.25, 0.3) is 0 Å². The van der Waals surface area contributed by atoms with Crippen LogP contribution in [0.2, 0.25) is 0 Å². The van der Waals surface area contributed by atoms with E-state index in [9.17, 15) is 9.18 Å². The molecule has 1 saturated heterocycles. The molecule has 1 fully saturated rings. The fourth-order valence-corrected chi connectivity index (χ4v) is 2.64. The number of carbonyl (C=O) groups excluding carboxylic acids is 1. The molecular formula is C16H20FN3O. The molecule has 0 spiro atoms. The Hall–Kier alpha value is -1.93. The summed E-state index contributed by atoms with van der Waals surface area (Å²) in [5, 5.41) is 9.08. The molecule has 1 aliphatic rings. The van der Waals surface area contributed by atoms with Crippen molar-refractivity contribution in [3.8, 4) is 6.07 Å². The number of benzene rings is 1. The number of hydrogen-bond acceptors (Lipinski definition) is 3. The largest absolute Gasteiger partial charge is 0.336 e. The molecule has 1 atom stereocenters. The van der Waals surface area contributed by atoms with Crippen LogP contribution in [0.3, 0.4) is 0 Å². The Bertz CT molecular complexity index is 559. The van der Waals surface area contributed by atoms with E-state index in [2.05, 4.69) is 11.0 Å². The maximum absolute atomic E-state index is 13.8. The number of nitriles is 1. The molecule has 0 saturated carbocycles. The maximum atomic E-state index is 13.8. The SMILES string of the molecule is CCC(C#N)N1CCN(C(=O)c2cc(C)ccc2F)CC1. The molecule has 112 valence electrons. The van der Waals surface area contributed by atoms with Crippen molar-refractivity contribution < 1.29 is 9.18 Å². The minimum atomic E-state index is -0.475. The van der Waals surface area contributed by atoms with Gasteiger partial charge >= 0.3 is 0 Å². The van der Waals surface area contributed by atoms with Gasteiger partial charge in [-0.2, -0.15) is 5.26 Å². The molecule has 0 bridgehead atoms. The number of nitrogens with zero attached hydrogens (tertiary/aromatic N) is 3. The number of halogens is 1. The van der Waals surface area contributed by atoms with E-state index in [1.165, 1.54) is 6.07 Å². The second-order valence-corrected chi connectivity index (χ2v) is 5.36. The third kappa shape index (κ3) is 3.40. The number of aryl methyl sites for hydroxylation is 1. The van der Waals surface area contributed by atoms with Crippen LogP contribution in [-0.2, 0) is 0 Å². The molecule has 1 heterocycles. The molecule has 1 aliphatic heterocycles. The zero-order chi connectivity index (χ0) is 15.4. The van der Waals surface area contributed by atoms with E-state index >= 15 is 0 Å². The monoisotopic (exact) mass is 289 g/mol. The van der Waals surface area contributed by atoms with Crippen LogP contribution in [0.5, 0.6) is 0 Å². The molecule has 0 radical (unpaired) electrons. The maximum Gasteiger partial charge on any atom is 0.256 e. The zero-order valence-corrected chi connectivity index (χ0v) is 12.5. The van der Waals surface area contributed by atoms with Crippen LogP contribution in [0.15, 0.2) is 18.2 Å². The summed E-state index contributed by atoms with van der Waals surface area (Å²) in [4.78, 5) is 16.1. The molecule has 21 heavy (non-hydrogen) atoms. The van der Waals surface area contributed by atoms with Gasteiger partial charge in [0.25, 0.3) is 5.91 Å². The fraction of sp³-hybridized carbons (Fsp3) is 0.500. The molecule has 1 aromatic rings. The average Bonchev–Trinajstić information content (AvgIpc) is 2.51. The van der Waals surface area contributed by atoms with Gasteiger partial charge in [0.05, 0.1) is 17.7 Å². The normalized spacial score (nSPS) is 17.3. The van der Waals surface area contributed by atoms with Crippen molar-refractivity contribution in [2.45, 2.75) is 26.3 Å². The standard InChI is InChI=1S/C16H20FN3O/c1-3-13(11-18)19-6-8-20(9-7-19)16(21)14-10-12(2)4-5-15(14)17/h4-5,10,13H,3,6-9H2,1-2H3. The van der Waals surface area contributed by atoms with Gasteiger partial charge < -0.3 is 4.90 Å². The highest BCUT2D eigenvalue weighted by Crippen LogP contribution is 2.15. The number of hydrogen-bond donors (Lipinski definition) is 0. The lowest BCUT2D eigenvalue weighted by atomic mass is 10.1. The Morgan fingerprint density at radius 1 is 1.38 bits per heavy atom. The number of piperazine rings is 1. The van der Waals surface area contributed by atoms with Gasteiger partial charge in [-0.25, -0.2) is 4.39 Å². The minimum Gasteiger partial charge on any atom is -0.336 e. The molecule has 1 amide bonds. The van der Waals surface area contributed by atoms with E-state index in [4.69, 9.17) is 5.26 Å². The summed E-state index contributed by atoms with van der Waals surface area (Å²) < 4.78 is 13.8. The quantitative estimate of drug-likeness (QED) is 0.857. The Kier molecular flexibility index (Phi) is 4.92. The van der Waals surface area contributed by atoms with Crippen molar-refractivity contribution in [3.05, 3.63) is 35.1 Å². The van der Waals surface area contributed by atoms with Crippen molar-refractivity contribution in [2.75, 3.05) is 26.2 Å². The molecule has 0 aromatic heterocycles. The predicted octanol–water partition coefficient (Wildman–Crippen LogP) is 2.19. The Morgan fingerprint density at radius 2 is 2.05 bits per heavy atom. The van der Waals surface area contributed by atoms with E-state index < -0.39 is 5.82 Å². The predicted molar refractivity (Wildman–Crippen MR) is 78.3 cm³/mol. The lowest BCUT2D eigenvalue weighted by Crippen LogP contribution is -2.51. The smallest absolute Gasteiger partial charge is 0.256 e. The molecule has 1 aromatic carbocycles. The van der Waals surface area contributed by atoms with E-state index in [1.54, 1.807) is 17.0 Å². The van der Waals surface area contributed by atoms with Gasteiger partial charge in [0.1, 0.15) is 5.82 Å². The molecular weight excluding hydrogens is 269 g/mol. The Morgan fingerprint density at radius 3 is 2.62 bits per heavy atom. The van der Waals surface area contributed by atoms with Crippen molar-refractivity contribution in [1.29, 1.82) is 5.26 Å². The molecule has 4 nitrogen and oxygen atoms in total. The summed E-state index contributed by atoms with van der Waals surface area (Å²) in [6.07, 6.45) is 0.775. The molecule has 0 N–H and O–H groups in total. The van der Waals surface area contributed by atoms with Gasteiger partial charge in [0.2, 0.25) is 0 Å². The summed E-state index contributed by atoms with van der Waals surface area (Å²) in [7, 11) is 0. The highest BCUT2D eigenvalue weighted by Gasteiger charge is 2.26. The van der Waals surface area contributed by atoms with Gasteiger partial charge in [-0.3, -0.25) is 9.69 Å². The van der Waals surface area contributed by atoms with E-state index in [-0.39, 0.29) is 17.5 Å². The zero-order valence-electron chi connectivity index (χ0n) is 12.5. The lowest BCUT2D eigenvalue weighted by molar-refractivity contribution is 0.0600. The second kappa shape index (κ2) is 6.68. The molecule has 1 unspecified atom stereocenters. The van der Waals surface area contributed by atoms with Crippen LogP contribution in [0, 0.1) is 24.1 Å². The van der Waals surface area contributed by atoms with Crippen LogP contribution in [0.1, 0.15) is 29.3 Å². The minimum absolute atomic E-state index is 0.0991. The lowest BCUT2D eigenvalue weighted by Gasteiger charge is -2.36. The highest BCUT2D eigenvalue weighted by atomic mass is 19.1.